The highest BCUT2D eigenvalue weighted by Crippen LogP contribution is 2.27. The molecule has 8 nitrogen and oxygen atoms in total. The van der Waals surface area contributed by atoms with Crippen molar-refractivity contribution in [3.63, 3.8) is 0 Å². The summed E-state index contributed by atoms with van der Waals surface area (Å²) in [5.74, 6) is 0.0372. The molecule has 3 aromatic rings. The van der Waals surface area contributed by atoms with Gasteiger partial charge in [-0.2, -0.15) is 5.10 Å². The Kier molecular flexibility index (Phi) is 7.25. The summed E-state index contributed by atoms with van der Waals surface area (Å²) in [6, 6.07) is 14.2. The summed E-state index contributed by atoms with van der Waals surface area (Å²) in [6.45, 7) is 5.82. The first-order valence-corrected chi connectivity index (χ1v) is 10.5. The van der Waals surface area contributed by atoms with E-state index < -0.39 is 11.7 Å². The molecule has 168 valence electrons. The van der Waals surface area contributed by atoms with Crippen molar-refractivity contribution in [3.8, 4) is 17.0 Å². The molecule has 0 atom stereocenters. The molecule has 2 aromatic carbocycles. The van der Waals surface area contributed by atoms with Crippen LogP contribution in [0, 0.1) is 0 Å². The van der Waals surface area contributed by atoms with E-state index in [1.54, 1.807) is 51.1 Å². The number of H-pyrrole nitrogens is 1. The molecule has 0 fully saturated rings. The van der Waals surface area contributed by atoms with Crippen molar-refractivity contribution in [1.29, 1.82) is 0 Å². The van der Waals surface area contributed by atoms with Gasteiger partial charge in [0.1, 0.15) is 11.4 Å². The van der Waals surface area contributed by atoms with Gasteiger partial charge in [-0.1, -0.05) is 30.3 Å². The van der Waals surface area contributed by atoms with Gasteiger partial charge in [-0.25, -0.2) is 9.89 Å². The second kappa shape index (κ2) is 10.1. The van der Waals surface area contributed by atoms with Crippen LogP contribution >= 0.6 is 0 Å². The highest BCUT2D eigenvalue weighted by molar-refractivity contribution is 5.93. The Labute approximate surface area is 185 Å². The molecule has 0 aliphatic rings. The van der Waals surface area contributed by atoms with Crippen molar-refractivity contribution in [1.82, 2.24) is 15.5 Å². The highest BCUT2D eigenvalue weighted by Gasteiger charge is 2.15. The maximum absolute atomic E-state index is 12.2. The molecular weight excluding hydrogens is 410 g/mol. The van der Waals surface area contributed by atoms with Crippen LogP contribution in [-0.4, -0.2) is 34.4 Å². The van der Waals surface area contributed by atoms with Crippen LogP contribution in [0.25, 0.3) is 22.0 Å². The van der Waals surface area contributed by atoms with Crippen molar-refractivity contribution in [2.45, 2.75) is 45.6 Å². The Balaban J connectivity index is 1.55. The lowest BCUT2D eigenvalue weighted by molar-refractivity contribution is -0.134. The molecule has 0 bridgehead atoms. The molecule has 3 rings (SSSR count). The fourth-order valence-corrected chi connectivity index (χ4v) is 3.12. The number of unbranched alkanes of at least 4 members (excludes halogenated alkanes) is 1. The molecule has 0 saturated carbocycles. The average Bonchev–Trinajstić information content (AvgIpc) is 2.73. The monoisotopic (exact) mass is 437 g/mol. The van der Waals surface area contributed by atoms with Gasteiger partial charge in [-0.3, -0.25) is 9.59 Å². The van der Waals surface area contributed by atoms with Crippen LogP contribution in [0.4, 0.5) is 4.79 Å². The first-order valence-electron chi connectivity index (χ1n) is 10.5. The van der Waals surface area contributed by atoms with Crippen LogP contribution in [0.5, 0.6) is 5.75 Å². The largest absolute Gasteiger partial charge is 0.444 e. The number of esters is 1. The number of rotatable bonds is 7. The van der Waals surface area contributed by atoms with E-state index >= 15 is 0 Å². The average molecular weight is 437 g/mol. The summed E-state index contributed by atoms with van der Waals surface area (Å²) in [5.41, 5.74) is 0.531. The minimum atomic E-state index is -0.542. The summed E-state index contributed by atoms with van der Waals surface area (Å²) in [4.78, 5) is 35.8. The van der Waals surface area contributed by atoms with Crippen molar-refractivity contribution in [3.05, 3.63) is 58.9 Å². The van der Waals surface area contributed by atoms with E-state index in [-0.39, 0.29) is 17.9 Å². The molecular formula is C24H27N3O5. The fraction of sp³-hybridized carbons (Fsp3) is 0.333. The third-order valence-electron chi connectivity index (χ3n) is 4.51. The van der Waals surface area contributed by atoms with E-state index in [4.69, 9.17) is 9.47 Å². The molecule has 0 aliphatic carbocycles. The SMILES string of the molecule is CC(C)(C)OC(=O)NCCCCC(=O)Oc1cccc(-c2n[nH]c(=O)c3ccccc23)c1. The lowest BCUT2D eigenvalue weighted by atomic mass is 10.1. The molecule has 32 heavy (non-hydrogen) atoms. The molecule has 1 heterocycles. The zero-order chi connectivity index (χ0) is 23.1. The van der Waals surface area contributed by atoms with E-state index in [1.807, 2.05) is 18.2 Å². The van der Waals surface area contributed by atoms with Gasteiger partial charge in [0, 0.05) is 23.9 Å². The van der Waals surface area contributed by atoms with E-state index in [0.717, 1.165) is 10.9 Å². The van der Waals surface area contributed by atoms with Gasteiger partial charge in [-0.05, 0) is 51.8 Å². The number of nitrogens with one attached hydrogen (secondary N) is 2. The predicted octanol–water partition coefficient (Wildman–Crippen LogP) is 4.19. The minimum Gasteiger partial charge on any atom is -0.444 e. The lowest BCUT2D eigenvalue weighted by Gasteiger charge is -2.19. The molecule has 0 saturated heterocycles. The smallest absolute Gasteiger partial charge is 0.407 e. The molecule has 8 heteroatoms. The standard InChI is InChI=1S/C24H27N3O5/c1-24(2,3)32-23(30)25-14-7-6-13-20(28)31-17-10-8-9-16(15-17)21-18-11-4-5-12-19(18)22(29)27-26-21/h4-5,8-12,15H,6-7,13-14H2,1-3H3,(H,25,30)(H,27,29). The number of benzene rings is 2. The summed E-state index contributed by atoms with van der Waals surface area (Å²) in [6.07, 6.45) is 0.947. The Bertz CT molecular complexity index is 1160. The number of alkyl carbamates (subject to hydrolysis) is 1. The van der Waals surface area contributed by atoms with Crippen LogP contribution in [0.1, 0.15) is 40.0 Å². The van der Waals surface area contributed by atoms with E-state index in [2.05, 4.69) is 15.5 Å². The summed E-state index contributed by atoms with van der Waals surface area (Å²) >= 11 is 0. The van der Waals surface area contributed by atoms with Crippen LogP contribution in [0.3, 0.4) is 0 Å². The second-order valence-corrected chi connectivity index (χ2v) is 8.33. The van der Waals surface area contributed by atoms with E-state index in [9.17, 15) is 14.4 Å². The van der Waals surface area contributed by atoms with Crippen molar-refractivity contribution in [2.24, 2.45) is 0 Å². The van der Waals surface area contributed by atoms with Crippen molar-refractivity contribution < 1.29 is 19.1 Å². The summed E-state index contributed by atoms with van der Waals surface area (Å²) in [7, 11) is 0. The lowest BCUT2D eigenvalue weighted by Crippen LogP contribution is -2.33. The minimum absolute atomic E-state index is 0.222. The van der Waals surface area contributed by atoms with E-state index in [0.29, 0.717) is 36.2 Å². The maximum atomic E-state index is 12.2. The molecule has 1 amide bonds. The van der Waals surface area contributed by atoms with Crippen LogP contribution in [-0.2, 0) is 9.53 Å². The number of carbonyl (C=O) groups is 2. The maximum Gasteiger partial charge on any atom is 0.407 e. The van der Waals surface area contributed by atoms with Gasteiger partial charge < -0.3 is 14.8 Å². The molecule has 1 aromatic heterocycles. The van der Waals surface area contributed by atoms with Gasteiger partial charge in [-0.15, -0.1) is 0 Å². The molecule has 0 aliphatic heterocycles. The molecule has 0 radical (unpaired) electrons. The van der Waals surface area contributed by atoms with Gasteiger partial charge in [0.25, 0.3) is 5.56 Å². The quantitative estimate of drug-likeness (QED) is 0.326. The summed E-state index contributed by atoms with van der Waals surface area (Å²) in [5, 5.41) is 10.6. The van der Waals surface area contributed by atoms with Crippen LogP contribution in [0.2, 0.25) is 0 Å². The Hall–Kier alpha value is -3.68. The number of aromatic amines is 1. The number of amides is 1. The summed E-state index contributed by atoms with van der Waals surface area (Å²) < 4.78 is 10.6. The third-order valence-corrected chi connectivity index (χ3v) is 4.51. The first kappa shape index (κ1) is 23.0. The van der Waals surface area contributed by atoms with Crippen LogP contribution in [0.15, 0.2) is 53.3 Å². The Morgan fingerprint density at radius 1 is 1.03 bits per heavy atom. The number of hydrogen-bond donors (Lipinski definition) is 2. The number of aromatic nitrogens is 2. The van der Waals surface area contributed by atoms with Crippen molar-refractivity contribution >= 4 is 22.8 Å². The Morgan fingerprint density at radius 3 is 2.53 bits per heavy atom. The Morgan fingerprint density at radius 2 is 1.78 bits per heavy atom. The fourth-order valence-electron chi connectivity index (χ4n) is 3.12. The number of fused-ring (bicyclic) bond motifs is 1. The topological polar surface area (TPSA) is 110 Å². The van der Waals surface area contributed by atoms with Gasteiger partial charge in [0.05, 0.1) is 11.1 Å². The second-order valence-electron chi connectivity index (χ2n) is 8.33. The molecule has 0 unspecified atom stereocenters. The van der Waals surface area contributed by atoms with Gasteiger partial charge >= 0.3 is 12.1 Å². The van der Waals surface area contributed by atoms with Crippen LogP contribution < -0.4 is 15.6 Å². The van der Waals surface area contributed by atoms with Crippen molar-refractivity contribution in [2.75, 3.05) is 6.54 Å². The third kappa shape index (κ3) is 6.41. The number of carbonyl (C=O) groups excluding carboxylic acids is 2. The number of ether oxygens (including phenoxy) is 2. The molecule has 2 N–H and O–H groups in total. The number of nitrogens with zero attached hydrogens (tertiary/aromatic N) is 1. The predicted molar refractivity (Wildman–Crippen MR) is 122 cm³/mol. The zero-order valence-electron chi connectivity index (χ0n) is 18.4. The number of hydrogen-bond acceptors (Lipinski definition) is 6. The zero-order valence-corrected chi connectivity index (χ0v) is 18.4. The first-order chi connectivity index (χ1) is 15.2. The van der Waals surface area contributed by atoms with E-state index in [1.165, 1.54) is 0 Å². The van der Waals surface area contributed by atoms with Gasteiger partial charge in [0.15, 0.2) is 0 Å². The normalized spacial score (nSPS) is 11.2. The van der Waals surface area contributed by atoms with Gasteiger partial charge in [0.2, 0.25) is 0 Å². The molecule has 0 spiro atoms. The highest BCUT2D eigenvalue weighted by atomic mass is 16.6.